The zero-order valence-corrected chi connectivity index (χ0v) is 19.0. The number of piperidine rings is 1. The molecule has 0 amide bonds. The summed E-state index contributed by atoms with van der Waals surface area (Å²) in [6, 6.07) is 16.3. The van der Waals surface area contributed by atoms with Crippen LogP contribution in [0.25, 0.3) is 6.08 Å². The van der Waals surface area contributed by atoms with Gasteiger partial charge >= 0.3 is 0 Å². The minimum atomic E-state index is -1.13. The Kier molecular flexibility index (Phi) is 5.36. The Morgan fingerprint density at radius 1 is 1.24 bits per heavy atom. The second-order valence-electron chi connectivity index (χ2n) is 9.05. The van der Waals surface area contributed by atoms with E-state index in [2.05, 4.69) is 24.1 Å². The summed E-state index contributed by atoms with van der Waals surface area (Å²) in [5.41, 5.74) is 1.87. The van der Waals surface area contributed by atoms with Gasteiger partial charge in [0.05, 0.1) is 18.6 Å². The Morgan fingerprint density at radius 3 is 2.82 bits per heavy atom. The smallest absolute Gasteiger partial charge is 0.166 e. The quantitative estimate of drug-likeness (QED) is 0.760. The molecule has 0 unspecified atom stereocenters. The van der Waals surface area contributed by atoms with E-state index in [1.165, 1.54) is 0 Å². The number of allylic oxidation sites excluding steroid dienone is 2. The first kappa shape index (κ1) is 21.5. The number of likely N-dealkylation sites (tertiary alicyclic amines) is 1. The highest BCUT2D eigenvalue weighted by Crippen LogP contribution is 2.58. The summed E-state index contributed by atoms with van der Waals surface area (Å²) in [6.07, 6.45) is 10.9. The molecule has 2 aromatic rings. The molecule has 1 fully saturated rings. The second kappa shape index (κ2) is 8.22. The molecule has 2 aliphatic carbocycles. The van der Waals surface area contributed by atoms with E-state index in [-0.39, 0.29) is 6.04 Å². The lowest BCUT2D eigenvalue weighted by Crippen LogP contribution is -2.70. The molecule has 1 saturated heterocycles. The monoisotopic (exact) mass is 440 g/mol. The molecule has 0 spiro atoms. The molecule has 1 aliphatic heterocycles. The van der Waals surface area contributed by atoms with Gasteiger partial charge in [-0.3, -0.25) is 4.90 Å². The standard InChI is InChI=1S/C28H28N2O3/c1-30-15-14-27-18-21(19-29)12-13-28(27,31)24(30)17-22-10-11-23(32-2)26(25(22)27)33-16-6-9-20-7-4-3-5-8-20/h3-13,18,24,31H,14-17H2,1-2H3/b9-6+/t24-,27-,28+/m0/s1. The number of ether oxygens (including phenoxy) is 2. The van der Waals surface area contributed by atoms with Crippen molar-refractivity contribution in [3.05, 3.63) is 89.0 Å². The van der Waals surface area contributed by atoms with Crippen molar-refractivity contribution in [3.63, 3.8) is 0 Å². The average molecular weight is 441 g/mol. The van der Waals surface area contributed by atoms with E-state index < -0.39 is 11.0 Å². The zero-order chi connectivity index (χ0) is 23.1. The van der Waals surface area contributed by atoms with Crippen molar-refractivity contribution in [2.24, 2.45) is 0 Å². The maximum Gasteiger partial charge on any atom is 0.166 e. The second-order valence-corrected chi connectivity index (χ2v) is 9.05. The van der Waals surface area contributed by atoms with Gasteiger partial charge in [0.2, 0.25) is 0 Å². The largest absolute Gasteiger partial charge is 0.493 e. The van der Waals surface area contributed by atoms with Crippen LogP contribution in [0.2, 0.25) is 0 Å². The normalized spacial score (nSPS) is 27.9. The lowest BCUT2D eigenvalue weighted by atomic mass is 9.52. The van der Waals surface area contributed by atoms with Gasteiger partial charge in [0.25, 0.3) is 0 Å². The van der Waals surface area contributed by atoms with E-state index in [0.29, 0.717) is 36.5 Å². The van der Waals surface area contributed by atoms with Gasteiger partial charge in [-0.15, -0.1) is 0 Å². The van der Waals surface area contributed by atoms with Crippen molar-refractivity contribution in [3.8, 4) is 17.6 Å². The van der Waals surface area contributed by atoms with Gasteiger partial charge in [-0.05, 0) is 61.9 Å². The number of fused-ring (bicyclic) bond motifs is 1. The van der Waals surface area contributed by atoms with Crippen LogP contribution in [0.15, 0.2) is 72.3 Å². The van der Waals surface area contributed by atoms with Crippen LogP contribution in [-0.2, 0) is 11.8 Å². The fourth-order valence-corrected chi connectivity index (χ4v) is 5.75. The fraction of sp³-hybridized carbons (Fsp3) is 0.321. The van der Waals surface area contributed by atoms with E-state index in [1.807, 2.05) is 60.7 Å². The van der Waals surface area contributed by atoms with Crippen LogP contribution in [0.1, 0.15) is 23.1 Å². The molecule has 1 heterocycles. The van der Waals surface area contributed by atoms with Gasteiger partial charge < -0.3 is 14.6 Å². The molecule has 0 radical (unpaired) electrons. The minimum Gasteiger partial charge on any atom is -0.493 e. The van der Waals surface area contributed by atoms with E-state index >= 15 is 0 Å². The van der Waals surface area contributed by atoms with Gasteiger partial charge in [0.15, 0.2) is 11.5 Å². The van der Waals surface area contributed by atoms with Crippen molar-refractivity contribution in [2.45, 2.75) is 29.9 Å². The van der Waals surface area contributed by atoms with Crippen LogP contribution in [0.3, 0.4) is 0 Å². The number of nitrogens with zero attached hydrogens (tertiary/aromatic N) is 2. The summed E-state index contributed by atoms with van der Waals surface area (Å²) in [5, 5.41) is 21.8. The molecule has 3 aliphatic rings. The number of rotatable bonds is 5. The maximum atomic E-state index is 12.1. The molecule has 0 saturated carbocycles. The Hall–Kier alpha value is -3.33. The number of hydrogen-bond donors (Lipinski definition) is 1. The maximum absolute atomic E-state index is 12.1. The molecule has 5 rings (SSSR count). The zero-order valence-electron chi connectivity index (χ0n) is 19.0. The number of aliphatic hydroxyl groups is 1. The van der Waals surface area contributed by atoms with Crippen LogP contribution >= 0.6 is 0 Å². The SMILES string of the molecule is COc1ccc2c(c1OC/C=C/c1ccccc1)[C@]13C=C(C#N)C=C[C@@]1(O)[C@H](C2)N(C)CC3. The lowest BCUT2D eigenvalue weighted by Gasteiger charge is -2.60. The summed E-state index contributed by atoms with van der Waals surface area (Å²) < 4.78 is 12.1. The molecule has 33 heavy (non-hydrogen) atoms. The number of benzene rings is 2. The molecule has 3 atom stereocenters. The van der Waals surface area contributed by atoms with E-state index in [9.17, 15) is 10.4 Å². The molecule has 1 N–H and O–H groups in total. The first-order valence-corrected chi connectivity index (χ1v) is 11.3. The van der Waals surface area contributed by atoms with Crippen LogP contribution < -0.4 is 9.47 Å². The lowest BCUT2D eigenvalue weighted by molar-refractivity contribution is -0.0909. The van der Waals surface area contributed by atoms with Gasteiger partial charge in [-0.1, -0.05) is 48.6 Å². The Morgan fingerprint density at radius 2 is 2.06 bits per heavy atom. The molecule has 168 valence electrons. The number of likely N-dealkylation sites (N-methyl/N-ethyl adjacent to an activating group) is 1. The third-order valence-electron chi connectivity index (χ3n) is 7.38. The third-order valence-corrected chi connectivity index (χ3v) is 7.38. The van der Waals surface area contributed by atoms with Crippen molar-refractivity contribution in [1.29, 1.82) is 5.26 Å². The number of hydrogen-bond acceptors (Lipinski definition) is 5. The van der Waals surface area contributed by atoms with Crippen LogP contribution in [0.5, 0.6) is 11.5 Å². The van der Waals surface area contributed by atoms with Gasteiger partial charge in [0, 0.05) is 17.2 Å². The number of methoxy groups -OCH3 is 1. The van der Waals surface area contributed by atoms with Gasteiger partial charge in [-0.2, -0.15) is 5.26 Å². The van der Waals surface area contributed by atoms with Crippen LogP contribution in [0, 0.1) is 11.3 Å². The summed E-state index contributed by atoms with van der Waals surface area (Å²) >= 11 is 0. The van der Waals surface area contributed by atoms with Crippen molar-refractivity contribution >= 4 is 6.08 Å². The van der Waals surface area contributed by atoms with E-state index in [4.69, 9.17) is 9.47 Å². The van der Waals surface area contributed by atoms with Gasteiger partial charge in [0.1, 0.15) is 12.2 Å². The first-order chi connectivity index (χ1) is 16.0. The molecule has 2 aromatic carbocycles. The van der Waals surface area contributed by atoms with Gasteiger partial charge in [-0.25, -0.2) is 0 Å². The summed E-state index contributed by atoms with van der Waals surface area (Å²) in [6.45, 7) is 1.18. The van der Waals surface area contributed by atoms with Crippen molar-refractivity contribution in [2.75, 3.05) is 27.3 Å². The Labute approximate surface area is 194 Å². The molecule has 5 heteroatoms. The Bertz CT molecular complexity index is 1190. The highest BCUT2D eigenvalue weighted by molar-refractivity contribution is 5.64. The van der Waals surface area contributed by atoms with Crippen molar-refractivity contribution < 1.29 is 14.6 Å². The summed E-state index contributed by atoms with van der Waals surface area (Å²) in [5.74, 6) is 1.29. The molecule has 2 bridgehead atoms. The highest BCUT2D eigenvalue weighted by atomic mass is 16.5. The minimum absolute atomic E-state index is 0.0780. The highest BCUT2D eigenvalue weighted by Gasteiger charge is 2.62. The molecule has 5 nitrogen and oxygen atoms in total. The average Bonchev–Trinajstić information content (AvgIpc) is 2.84. The predicted octanol–water partition coefficient (Wildman–Crippen LogP) is 4.04. The van der Waals surface area contributed by atoms with Crippen molar-refractivity contribution in [1.82, 2.24) is 4.90 Å². The van der Waals surface area contributed by atoms with Crippen LogP contribution in [0.4, 0.5) is 0 Å². The van der Waals surface area contributed by atoms with Crippen LogP contribution in [-0.4, -0.2) is 49.0 Å². The summed E-state index contributed by atoms with van der Waals surface area (Å²) in [4.78, 5) is 2.23. The molecular formula is C28H28N2O3. The molecular weight excluding hydrogens is 412 g/mol. The topological polar surface area (TPSA) is 65.7 Å². The predicted molar refractivity (Wildman–Crippen MR) is 128 cm³/mol. The first-order valence-electron chi connectivity index (χ1n) is 11.3. The summed E-state index contributed by atoms with van der Waals surface area (Å²) in [7, 11) is 3.69. The third kappa shape index (κ3) is 3.30. The Balaban J connectivity index is 1.61. The van der Waals surface area contributed by atoms with E-state index in [1.54, 1.807) is 13.2 Å². The number of nitriles is 1. The molecule has 0 aromatic heterocycles. The fourth-order valence-electron chi connectivity index (χ4n) is 5.75. The van der Waals surface area contributed by atoms with E-state index in [0.717, 1.165) is 23.2 Å².